The van der Waals surface area contributed by atoms with E-state index < -0.39 is 6.10 Å². The number of nitrogens with zero attached hydrogens (tertiary/aromatic N) is 2. The van der Waals surface area contributed by atoms with Gasteiger partial charge in [-0.2, -0.15) is 0 Å². The summed E-state index contributed by atoms with van der Waals surface area (Å²) in [6, 6.07) is 7.87. The van der Waals surface area contributed by atoms with Crippen LogP contribution in [0.15, 0.2) is 29.3 Å². The van der Waals surface area contributed by atoms with Gasteiger partial charge in [0, 0.05) is 13.1 Å². The number of guanidine groups is 1. The van der Waals surface area contributed by atoms with Crippen LogP contribution in [-0.2, 0) is 0 Å². The Morgan fingerprint density at radius 1 is 1.43 bits per heavy atom. The van der Waals surface area contributed by atoms with Crippen molar-refractivity contribution in [2.75, 3.05) is 19.6 Å². The summed E-state index contributed by atoms with van der Waals surface area (Å²) in [6.07, 6.45) is 1.84. The van der Waals surface area contributed by atoms with Crippen molar-refractivity contribution in [3.8, 4) is 0 Å². The minimum atomic E-state index is -0.587. The topological polar surface area (TPSA) is 61.9 Å². The lowest BCUT2D eigenvalue weighted by molar-refractivity contribution is 0.186. The first kappa shape index (κ1) is 18.2. The summed E-state index contributed by atoms with van der Waals surface area (Å²) < 4.78 is 0. The Morgan fingerprint density at radius 2 is 2.10 bits per heavy atom. The largest absolute Gasteiger partial charge is 0.386 e. The summed E-state index contributed by atoms with van der Waals surface area (Å²) in [7, 11) is 0. The fourth-order valence-electron chi connectivity index (χ4n) is 2.57. The van der Waals surface area contributed by atoms with Gasteiger partial charge in [0.15, 0.2) is 5.96 Å². The SMILES string of the molecule is Cc1ccc(C(O)CN=C(N)N2CCCC(C)C2)cc1.I. The monoisotopic (exact) mass is 403 g/mol. The molecule has 4 nitrogen and oxygen atoms in total. The van der Waals surface area contributed by atoms with Gasteiger partial charge in [-0.15, -0.1) is 24.0 Å². The van der Waals surface area contributed by atoms with Crippen molar-refractivity contribution in [1.29, 1.82) is 0 Å². The third-order valence-electron chi connectivity index (χ3n) is 3.87. The van der Waals surface area contributed by atoms with Crippen molar-refractivity contribution in [2.24, 2.45) is 16.6 Å². The Morgan fingerprint density at radius 3 is 2.71 bits per heavy atom. The zero-order valence-corrected chi connectivity index (χ0v) is 15.2. The summed E-state index contributed by atoms with van der Waals surface area (Å²) in [4.78, 5) is 6.47. The lowest BCUT2D eigenvalue weighted by Gasteiger charge is -2.31. The zero-order valence-electron chi connectivity index (χ0n) is 12.8. The second kappa shape index (κ2) is 8.58. The van der Waals surface area contributed by atoms with Crippen LogP contribution in [0.2, 0.25) is 0 Å². The van der Waals surface area contributed by atoms with Gasteiger partial charge in [0.05, 0.1) is 12.6 Å². The van der Waals surface area contributed by atoms with Gasteiger partial charge >= 0.3 is 0 Å². The van der Waals surface area contributed by atoms with Crippen molar-refractivity contribution in [3.05, 3.63) is 35.4 Å². The molecule has 21 heavy (non-hydrogen) atoms. The number of aryl methyl sites for hydroxylation is 1. The molecule has 0 amide bonds. The average Bonchev–Trinajstić information content (AvgIpc) is 2.45. The maximum atomic E-state index is 10.1. The molecule has 1 fully saturated rings. The number of halogens is 1. The molecule has 2 unspecified atom stereocenters. The number of likely N-dealkylation sites (tertiary alicyclic amines) is 1. The molecule has 3 N–H and O–H groups in total. The number of piperidine rings is 1. The molecule has 0 saturated carbocycles. The van der Waals surface area contributed by atoms with Crippen molar-refractivity contribution >= 4 is 29.9 Å². The number of hydrogen-bond donors (Lipinski definition) is 2. The molecule has 5 heteroatoms. The molecule has 1 aromatic carbocycles. The molecule has 1 heterocycles. The van der Waals surface area contributed by atoms with Crippen molar-refractivity contribution < 1.29 is 5.11 Å². The summed E-state index contributed by atoms with van der Waals surface area (Å²) in [5, 5.41) is 10.1. The molecule has 2 atom stereocenters. The van der Waals surface area contributed by atoms with Gasteiger partial charge < -0.3 is 15.7 Å². The lowest BCUT2D eigenvalue weighted by atomic mass is 10.0. The van der Waals surface area contributed by atoms with E-state index >= 15 is 0 Å². The molecule has 1 aromatic rings. The second-order valence-corrected chi connectivity index (χ2v) is 5.82. The van der Waals surface area contributed by atoms with Crippen LogP contribution < -0.4 is 5.73 Å². The predicted molar refractivity (Wildman–Crippen MR) is 98.0 cm³/mol. The van der Waals surface area contributed by atoms with Gasteiger partial charge in [0.25, 0.3) is 0 Å². The first-order valence-corrected chi connectivity index (χ1v) is 7.35. The molecule has 0 aliphatic carbocycles. The van der Waals surface area contributed by atoms with E-state index in [0.29, 0.717) is 18.4 Å². The fourth-order valence-corrected chi connectivity index (χ4v) is 2.57. The van der Waals surface area contributed by atoms with Crippen molar-refractivity contribution in [3.63, 3.8) is 0 Å². The normalized spacial score (nSPS) is 20.8. The van der Waals surface area contributed by atoms with Gasteiger partial charge in [0.2, 0.25) is 0 Å². The minimum Gasteiger partial charge on any atom is -0.386 e. The van der Waals surface area contributed by atoms with E-state index in [1.165, 1.54) is 12.0 Å². The minimum absolute atomic E-state index is 0. The predicted octanol–water partition coefficient (Wildman–Crippen LogP) is 2.69. The van der Waals surface area contributed by atoms with E-state index in [1.807, 2.05) is 31.2 Å². The van der Waals surface area contributed by atoms with E-state index in [-0.39, 0.29) is 24.0 Å². The molecule has 0 aromatic heterocycles. The zero-order chi connectivity index (χ0) is 14.5. The third kappa shape index (κ3) is 5.47. The van der Waals surface area contributed by atoms with E-state index in [2.05, 4.69) is 16.8 Å². The Labute approximate surface area is 144 Å². The summed E-state index contributed by atoms with van der Waals surface area (Å²) in [5.74, 6) is 1.22. The molecule has 1 aliphatic rings. The second-order valence-electron chi connectivity index (χ2n) is 5.82. The first-order valence-electron chi connectivity index (χ1n) is 7.35. The highest BCUT2D eigenvalue weighted by atomic mass is 127. The van der Waals surface area contributed by atoms with Crippen LogP contribution in [0.5, 0.6) is 0 Å². The van der Waals surface area contributed by atoms with Crippen molar-refractivity contribution in [1.82, 2.24) is 4.90 Å². The number of benzene rings is 1. The average molecular weight is 403 g/mol. The molecule has 0 spiro atoms. The molecular weight excluding hydrogens is 377 g/mol. The van der Waals surface area contributed by atoms with Gasteiger partial charge in [-0.25, -0.2) is 0 Å². The Balaban J connectivity index is 0.00000220. The van der Waals surface area contributed by atoms with Crippen LogP contribution in [0, 0.1) is 12.8 Å². The molecular formula is C16H26IN3O. The van der Waals surface area contributed by atoms with Crippen LogP contribution in [0.25, 0.3) is 0 Å². The number of aliphatic hydroxyl groups excluding tert-OH is 1. The summed E-state index contributed by atoms with van der Waals surface area (Å²) in [6.45, 7) is 6.53. The Kier molecular flexibility index (Phi) is 7.45. The van der Waals surface area contributed by atoms with Crippen LogP contribution in [0.4, 0.5) is 0 Å². The smallest absolute Gasteiger partial charge is 0.191 e. The van der Waals surface area contributed by atoms with E-state index in [4.69, 9.17) is 5.73 Å². The molecule has 0 radical (unpaired) electrons. The van der Waals surface area contributed by atoms with Crippen LogP contribution in [0.1, 0.15) is 37.0 Å². The van der Waals surface area contributed by atoms with Crippen LogP contribution >= 0.6 is 24.0 Å². The lowest BCUT2D eigenvalue weighted by Crippen LogP contribution is -2.43. The molecule has 1 aliphatic heterocycles. The van der Waals surface area contributed by atoms with E-state index in [0.717, 1.165) is 25.1 Å². The number of hydrogen-bond acceptors (Lipinski definition) is 2. The van der Waals surface area contributed by atoms with E-state index in [9.17, 15) is 5.11 Å². The number of aliphatic hydroxyl groups is 1. The maximum Gasteiger partial charge on any atom is 0.191 e. The van der Waals surface area contributed by atoms with Crippen LogP contribution in [-0.4, -0.2) is 35.6 Å². The highest BCUT2D eigenvalue weighted by Crippen LogP contribution is 2.16. The highest BCUT2D eigenvalue weighted by molar-refractivity contribution is 14.0. The molecule has 1 saturated heterocycles. The van der Waals surface area contributed by atoms with Crippen LogP contribution in [0.3, 0.4) is 0 Å². The standard InChI is InChI=1S/C16H25N3O.HI/c1-12-5-7-14(8-6-12)15(20)10-18-16(17)19-9-3-4-13(2)11-19;/h5-8,13,15,20H,3-4,9-11H2,1-2H3,(H2,17,18);1H. The summed E-state index contributed by atoms with van der Waals surface area (Å²) in [5.41, 5.74) is 8.10. The number of aliphatic imine (C=N–C) groups is 1. The Hall–Kier alpha value is -0.820. The maximum absolute atomic E-state index is 10.1. The van der Waals surface area contributed by atoms with Gasteiger partial charge in [0.1, 0.15) is 0 Å². The van der Waals surface area contributed by atoms with Gasteiger partial charge in [-0.05, 0) is 31.2 Å². The number of nitrogens with two attached hydrogens (primary N) is 1. The summed E-state index contributed by atoms with van der Waals surface area (Å²) >= 11 is 0. The third-order valence-corrected chi connectivity index (χ3v) is 3.87. The number of rotatable bonds is 3. The molecule has 2 rings (SSSR count). The molecule has 118 valence electrons. The van der Waals surface area contributed by atoms with Gasteiger partial charge in [-0.3, -0.25) is 4.99 Å². The van der Waals surface area contributed by atoms with Crippen molar-refractivity contribution in [2.45, 2.75) is 32.8 Å². The highest BCUT2D eigenvalue weighted by Gasteiger charge is 2.18. The van der Waals surface area contributed by atoms with E-state index in [1.54, 1.807) is 0 Å². The quantitative estimate of drug-likeness (QED) is 0.464. The van der Waals surface area contributed by atoms with Gasteiger partial charge in [-0.1, -0.05) is 36.8 Å². The Bertz CT molecular complexity index is 461. The first-order chi connectivity index (χ1) is 9.56. The fraction of sp³-hybridized carbons (Fsp3) is 0.562. The molecule has 0 bridgehead atoms.